The Balaban J connectivity index is 1.34. The van der Waals surface area contributed by atoms with E-state index < -0.39 is 29.0 Å². The Morgan fingerprint density at radius 3 is 2.35 bits per heavy atom. The molecule has 12 heteroatoms. The third-order valence-electron chi connectivity index (χ3n) is 6.11. The first-order valence-corrected chi connectivity index (χ1v) is 12.1. The molecular formula is C25H20F3N5O3S. The molecule has 190 valence electrons. The van der Waals surface area contributed by atoms with Crippen molar-refractivity contribution in [1.82, 2.24) is 9.88 Å². The molecule has 0 radical (unpaired) electrons. The number of carbonyl (C=O) groups excluding carboxylic acids is 3. The standard InChI is InChI=1S/C25H20F3N5O3S/c26-25(27,28)37-19-8-6-18(7-9-19)33-21(34)24(11-12-24)32(23(33)36)15-16-10-13-29-14-20(16)31-22(35)30-17-4-2-1-3-5-17/h1-10,13-14H,11-12,15H2,(H2,30,31,35). The molecule has 2 fully saturated rings. The predicted molar refractivity (Wildman–Crippen MR) is 132 cm³/mol. The second kappa shape index (κ2) is 9.43. The molecule has 2 aliphatic rings. The minimum absolute atomic E-state index is 0.0343. The number of hydrogen-bond acceptors (Lipinski definition) is 5. The van der Waals surface area contributed by atoms with E-state index in [1.54, 1.807) is 30.3 Å². The molecule has 2 aromatic carbocycles. The van der Waals surface area contributed by atoms with E-state index in [-0.39, 0.29) is 28.9 Å². The normalized spacial score (nSPS) is 16.3. The van der Waals surface area contributed by atoms with E-state index in [1.807, 2.05) is 6.07 Å². The quantitative estimate of drug-likeness (QED) is 0.310. The zero-order chi connectivity index (χ0) is 26.2. The number of para-hydroxylation sites is 1. The molecule has 5 rings (SSSR count). The number of hydrogen-bond donors (Lipinski definition) is 2. The summed E-state index contributed by atoms with van der Waals surface area (Å²) < 4.78 is 38.0. The van der Waals surface area contributed by atoms with Gasteiger partial charge in [0.1, 0.15) is 5.54 Å². The van der Waals surface area contributed by atoms with E-state index in [9.17, 15) is 27.6 Å². The van der Waals surface area contributed by atoms with Crippen LogP contribution in [-0.4, -0.2) is 38.9 Å². The van der Waals surface area contributed by atoms with Gasteiger partial charge in [-0.15, -0.1) is 0 Å². The van der Waals surface area contributed by atoms with Gasteiger partial charge in [0.05, 0.1) is 24.1 Å². The summed E-state index contributed by atoms with van der Waals surface area (Å²) >= 11 is -0.270. The zero-order valence-electron chi connectivity index (χ0n) is 19.2. The van der Waals surface area contributed by atoms with Crippen LogP contribution in [0.15, 0.2) is 78.0 Å². The Bertz CT molecular complexity index is 1350. The van der Waals surface area contributed by atoms with Crippen LogP contribution in [0.1, 0.15) is 18.4 Å². The number of urea groups is 2. The average Bonchev–Trinajstić information content (AvgIpc) is 3.63. The van der Waals surface area contributed by atoms with Crippen LogP contribution in [0.25, 0.3) is 0 Å². The number of amides is 5. The first-order chi connectivity index (χ1) is 17.7. The van der Waals surface area contributed by atoms with Gasteiger partial charge in [-0.3, -0.25) is 9.78 Å². The second-order valence-electron chi connectivity index (χ2n) is 8.56. The van der Waals surface area contributed by atoms with Gasteiger partial charge in [-0.25, -0.2) is 14.5 Å². The van der Waals surface area contributed by atoms with Gasteiger partial charge in [-0.1, -0.05) is 18.2 Å². The number of alkyl halides is 3. The number of aromatic nitrogens is 1. The number of imide groups is 1. The molecule has 3 aromatic rings. The number of nitrogens with zero attached hydrogens (tertiary/aromatic N) is 3. The highest BCUT2D eigenvalue weighted by molar-refractivity contribution is 8.00. The lowest BCUT2D eigenvalue weighted by Gasteiger charge is -2.23. The summed E-state index contributed by atoms with van der Waals surface area (Å²) in [6.07, 6.45) is 3.92. The van der Waals surface area contributed by atoms with Crippen molar-refractivity contribution in [2.24, 2.45) is 0 Å². The lowest BCUT2D eigenvalue weighted by molar-refractivity contribution is -0.120. The van der Waals surface area contributed by atoms with Gasteiger partial charge in [0.15, 0.2) is 0 Å². The summed E-state index contributed by atoms with van der Waals surface area (Å²) in [5.41, 5.74) is -3.71. The monoisotopic (exact) mass is 527 g/mol. The topological polar surface area (TPSA) is 94.6 Å². The number of halogens is 3. The average molecular weight is 528 g/mol. The highest BCUT2D eigenvalue weighted by Crippen LogP contribution is 2.50. The van der Waals surface area contributed by atoms with Crippen LogP contribution in [0, 0.1) is 0 Å². The minimum atomic E-state index is -4.44. The third-order valence-corrected chi connectivity index (χ3v) is 6.85. The van der Waals surface area contributed by atoms with Crippen LogP contribution in [-0.2, 0) is 11.3 Å². The Morgan fingerprint density at radius 2 is 1.70 bits per heavy atom. The molecule has 0 bridgehead atoms. The van der Waals surface area contributed by atoms with E-state index in [4.69, 9.17) is 0 Å². The van der Waals surface area contributed by atoms with Crippen molar-refractivity contribution in [3.05, 3.63) is 78.6 Å². The summed E-state index contributed by atoms with van der Waals surface area (Å²) in [7, 11) is 0. The van der Waals surface area contributed by atoms with Gasteiger partial charge in [0, 0.05) is 16.8 Å². The van der Waals surface area contributed by atoms with E-state index >= 15 is 0 Å². The molecule has 8 nitrogen and oxygen atoms in total. The Hall–Kier alpha value is -4.06. The molecule has 0 unspecified atom stereocenters. The molecule has 1 spiro atoms. The maximum Gasteiger partial charge on any atom is 0.446 e. The first kappa shape index (κ1) is 24.6. The fourth-order valence-corrected chi connectivity index (χ4v) is 4.75. The molecule has 37 heavy (non-hydrogen) atoms. The van der Waals surface area contributed by atoms with Crippen molar-refractivity contribution in [2.45, 2.75) is 35.3 Å². The summed E-state index contributed by atoms with van der Waals surface area (Å²) in [6, 6.07) is 14.6. The van der Waals surface area contributed by atoms with Crippen LogP contribution in [0.4, 0.5) is 39.8 Å². The van der Waals surface area contributed by atoms with E-state index in [2.05, 4.69) is 15.6 Å². The summed E-state index contributed by atoms with van der Waals surface area (Å²) in [5.74, 6) is -0.417. The molecule has 1 aromatic heterocycles. The number of carbonyl (C=O) groups is 3. The van der Waals surface area contributed by atoms with E-state index in [1.165, 1.54) is 41.6 Å². The van der Waals surface area contributed by atoms with E-state index in [0.717, 1.165) is 4.90 Å². The number of benzene rings is 2. The molecule has 2 N–H and O–H groups in total. The molecule has 0 atom stereocenters. The molecule has 2 heterocycles. The van der Waals surface area contributed by atoms with Crippen molar-refractivity contribution >= 4 is 46.8 Å². The zero-order valence-corrected chi connectivity index (χ0v) is 20.0. The summed E-state index contributed by atoms with van der Waals surface area (Å²) in [6.45, 7) is 0.0343. The van der Waals surface area contributed by atoms with Gasteiger partial charge in [-0.2, -0.15) is 13.2 Å². The van der Waals surface area contributed by atoms with E-state index in [0.29, 0.717) is 29.8 Å². The summed E-state index contributed by atoms with van der Waals surface area (Å²) in [4.78, 5) is 45.6. The third kappa shape index (κ3) is 5.10. The Morgan fingerprint density at radius 1 is 1.00 bits per heavy atom. The molecule has 1 saturated carbocycles. The molecule has 5 amide bonds. The first-order valence-electron chi connectivity index (χ1n) is 11.2. The van der Waals surface area contributed by atoms with Crippen molar-refractivity contribution in [1.29, 1.82) is 0 Å². The van der Waals surface area contributed by atoms with Crippen molar-refractivity contribution in [3.63, 3.8) is 0 Å². The highest BCUT2D eigenvalue weighted by Gasteiger charge is 2.65. The van der Waals surface area contributed by atoms with Gasteiger partial charge in [0.25, 0.3) is 5.91 Å². The number of thioether (sulfide) groups is 1. The lowest BCUT2D eigenvalue weighted by atomic mass is 10.1. The number of nitrogens with one attached hydrogen (secondary N) is 2. The molecule has 1 aliphatic carbocycles. The molecule has 1 saturated heterocycles. The van der Waals surface area contributed by atoms with Gasteiger partial charge >= 0.3 is 17.6 Å². The smallest absolute Gasteiger partial charge is 0.308 e. The van der Waals surface area contributed by atoms with Gasteiger partial charge in [-0.05, 0) is 72.6 Å². The Labute approximate surface area is 213 Å². The molecule has 1 aliphatic heterocycles. The van der Waals surface area contributed by atoms with Crippen LogP contribution >= 0.6 is 11.8 Å². The van der Waals surface area contributed by atoms with Crippen LogP contribution in [0.2, 0.25) is 0 Å². The minimum Gasteiger partial charge on any atom is -0.308 e. The number of rotatable bonds is 6. The Kier molecular flexibility index (Phi) is 6.28. The SMILES string of the molecule is O=C(Nc1ccccc1)Nc1cnccc1CN1C(=O)N(c2ccc(SC(F)(F)F)cc2)C(=O)C12CC2. The number of anilines is 3. The van der Waals surface area contributed by atoms with Crippen molar-refractivity contribution < 1.29 is 27.6 Å². The fraction of sp³-hybridized carbons (Fsp3) is 0.200. The fourth-order valence-electron chi connectivity index (χ4n) is 4.21. The molecular weight excluding hydrogens is 507 g/mol. The highest BCUT2D eigenvalue weighted by atomic mass is 32.2. The second-order valence-corrected chi connectivity index (χ2v) is 9.70. The van der Waals surface area contributed by atoms with Crippen molar-refractivity contribution in [2.75, 3.05) is 15.5 Å². The maximum absolute atomic E-state index is 13.4. The van der Waals surface area contributed by atoms with Crippen LogP contribution in [0.3, 0.4) is 0 Å². The van der Waals surface area contributed by atoms with Crippen LogP contribution < -0.4 is 15.5 Å². The van der Waals surface area contributed by atoms with Gasteiger partial charge < -0.3 is 15.5 Å². The summed E-state index contributed by atoms with van der Waals surface area (Å²) in [5, 5.41) is 5.44. The largest absolute Gasteiger partial charge is 0.446 e. The van der Waals surface area contributed by atoms with Gasteiger partial charge in [0.2, 0.25) is 0 Å². The lowest BCUT2D eigenvalue weighted by Crippen LogP contribution is -2.36. The van der Waals surface area contributed by atoms with Crippen LogP contribution in [0.5, 0.6) is 0 Å². The van der Waals surface area contributed by atoms with Crippen molar-refractivity contribution in [3.8, 4) is 0 Å². The predicted octanol–water partition coefficient (Wildman–Crippen LogP) is 5.84. The maximum atomic E-state index is 13.4. The number of pyridine rings is 1.